The molecule has 0 aliphatic rings. The molecule has 0 saturated carbocycles. The fourth-order valence-corrected chi connectivity index (χ4v) is 1.90. The van der Waals surface area contributed by atoms with Crippen LogP contribution in [0.15, 0.2) is 42.5 Å². The minimum atomic E-state index is -0.352. The van der Waals surface area contributed by atoms with Crippen molar-refractivity contribution < 1.29 is 9.53 Å². The smallest absolute Gasteiger partial charge is 0.337 e. The van der Waals surface area contributed by atoms with Gasteiger partial charge in [0.1, 0.15) is 0 Å². The first-order valence-corrected chi connectivity index (χ1v) is 5.85. The van der Waals surface area contributed by atoms with Crippen molar-refractivity contribution in [2.24, 2.45) is 0 Å². The van der Waals surface area contributed by atoms with Gasteiger partial charge in [-0.15, -0.1) is 0 Å². The van der Waals surface area contributed by atoms with Crippen molar-refractivity contribution in [3.8, 4) is 17.2 Å². The summed E-state index contributed by atoms with van der Waals surface area (Å²) in [6.45, 7) is 1.98. The average Bonchev–Trinajstić information content (AvgIpc) is 2.47. The number of hydrogen-bond donors (Lipinski definition) is 0. The largest absolute Gasteiger partial charge is 0.465 e. The second-order valence-electron chi connectivity index (χ2n) is 4.21. The second kappa shape index (κ2) is 5.36. The van der Waals surface area contributed by atoms with Crippen molar-refractivity contribution in [2.75, 3.05) is 7.11 Å². The minimum Gasteiger partial charge on any atom is -0.465 e. The Bertz CT molecular complexity index is 651. The van der Waals surface area contributed by atoms with Gasteiger partial charge in [-0.1, -0.05) is 18.2 Å². The van der Waals surface area contributed by atoms with Gasteiger partial charge in [0.2, 0.25) is 0 Å². The number of ether oxygens (including phenoxy) is 1. The lowest BCUT2D eigenvalue weighted by molar-refractivity contribution is 0.0601. The highest BCUT2D eigenvalue weighted by Gasteiger charge is 2.09. The van der Waals surface area contributed by atoms with Crippen LogP contribution in [0.3, 0.4) is 0 Å². The molecule has 0 aliphatic carbocycles. The highest BCUT2D eigenvalue weighted by Crippen LogP contribution is 2.25. The summed E-state index contributed by atoms with van der Waals surface area (Å²) in [6.07, 6.45) is 0. The normalized spacial score (nSPS) is 9.74. The molecule has 0 bridgehead atoms. The van der Waals surface area contributed by atoms with Crippen LogP contribution >= 0.6 is 0 Å². The van der Waals surface area contributed by atoms with Crippen molar-refractivity contribution in [3.63, 3.8) is 0 Å². The van der Waals surface area contributed by atoms with Crippen LogP contribution in [-0.4, -0.2) is 13.1 Å². The van der Waals surface area contributed by atoms with Crippen LogP contribution in [-0.2, 0) is 4.74 Å². The van der Waals surface area contributed by atoms with E-state index < -0.39 is 0 Å². The van der Waals surface area contributed by atoms with Crippen LogP contribution in [0.1, 0.15) is 21.5 Å². The Morgan fingerprint density at radius 2 is 1.84 bits per heavy atom. The molecule has 0 spiro atoms. The zero-order chi connectivity index (χ0) is 13.8. The van der Waals surface area contributed by atoms with Crippen molar-refractivity contribution in [2.45, 2.75) is 6.92 Å². The number of carbonyl (C=O) groups excluding carboxylic acids is 1. The molecule has 0 N–H and O–H groups in total. The van der Waals surface area contributed by atoms with Crippen LogP contribution in [0, 0.1) is 18.3 Å². The van der Waals surface area contributed by atoms with Crippen molar-refractivity contribution in [1.82, 2.24) is 0 Å². The molecule has 3 heteroatoms. The molecule has 0 radical (unpaired) electrons. The van der Waals surface area contributed by atoms with E-state index in [0.717, 1.165) is 16.7 Å². The van der Waals surface area contributed by atoms with Crippen molar-refractivity contribution in [3.05, 3.63) is 59.2 Å². The number of rotatable bonds is 2. The number of hydrogen-bond acceptors (Lipinski definition) is 3. The fourth-order valence-electron chi connectivity index (χ4n) is 1.90. The Labute approximate surface area is 112 Å². The van der Waals surface area contributed by atoms with Gasteiger partial charge >= 0.3 is 5.97 Å². The summed E-state index contributed by atoms with van der Waals surface area (Å²) < 4.78 is 4.72. The van der Waals surface area contributed by atoms with Crippen LogP contribution in [0.5, 0.6) is 0 Å². The Kier molecular flexibility index (Phi) is 3.63. The first-order chi connectivity index (χ1) is 9.15. The summed E-state index contributed by atoms with van der Waals surface area (Å²) in [5.41, 5.74) is 4.14. The van der Waals surface area contributed by atoms with Gasteiger partial charge in [-0.2, -0.15) is 5.26 Å². The monoisotopic (exact) mass is 251 g/mol. The fraction of sp³-hybridized carbons (Fsp3) is 0.125. The Morgan fingerprint density at radius 1 is 1.16 bits per heavy atom. The van der Waals surface area contributed by atoms with Crippen molar-refractivity contribution >= 4 is 5.97 Å². The summed E-state index contributed by atoms with van der Waals surface area (Å²) in [7, 11) is 1.36. The Morgan fingerprint density at radius 3 is 2.42 bits per heavy atom. The predicted octanol–water partition coefficient (Wildman–Crippen LogP) is 3.32. The Hall–Kier alpha value is -2.60. The van der Waals surface area contributed by atoms with Gasteiger partial charge in [0.05, 0.1) is 24.3 Å². The molecule has 2 aromatic rings. The molecule has 19 heavy (non-hydrogen) atoms. The average molecular weight is 251 g/mol. The van der Waals surface area contributed by atoms with Gasteiger partial charge in [-0.25, -0.2) is 4.79 Å². The zero-order valence-electron chi connectivity index (χ0n) is 10.8. The van der Waals surface area contributed by atoms with Crippen LogP contribution < -0.4 is 0 Å². The lowest BCUT2D eigenvalue weighted by Gasteiger charge is -2.08. The highest BCUT2D eigenvalue weighted by molar-refractivity contribution is 5.91. The van der Waals surface area contributed by atoms with E-state index in [-0.39, 0.29) is 5.97 Å². The molecular formula is C16H13NO2. The first kappa shape index (κ1) is 12.8. The quantitative estimate of drug-likeness (QED) is 0.769. The SMILES string of the molecule is COC(=O)c1ccc(C)c(-c2ccc(C#N)cc2)c1. The maximum absolute atomic E-state index is 11.5. The lowest BCUT2D eigenvalue weighted by atomic mass is 9.97. The number of nitrogens with zero attached hydrogens (tertiary/aromatic N) is 1. The van der Waals surface area contributed by atoms with E-state index in [1.54, 1.807) is 18.2 Å². The van der Waals surface area contributed by atoms with Gasteiger partial charge in [-0.05, 0) is 47.9 Å². The molecule has 0 atom stereocenters. The van der Waals surface area contributed by atoms with E-state index in [1.165, 1.54) is 7.11 Å². The maximum Gasteiger partial charge on any atom is 0.337 e. The van der Waals surface area contributed by atoms with E-state index in [4.69, 9.17) is 10.00 Å². The molecule has 0 saturated heterocycles. The standard InChI is InChI=1S/C16H13NO2/c1-11-3-6-14(16(18)19-2)9-15(11)13-7-4-12(10-17)5-8-13/h3-9H,1-2H3. The molecule has 2 aromatic carbocycles. The topological polar surface area (TPSA) is 50.1 Å². The lowest BCUT2D eigenvalue weighted by Crippen LogP contribution is -2.01. The van der Waals surface area contributed by atoms with E-state index in [0.29, 0.717) is 11.1 Å². The third-order valence-electron chi connectivity index (χ3n) is 2.98. The molecule has 0 aromatic heterocycles. The summed E-state index contributed by atoms with van der Waals surface area (Å²) >= 11 is 0. The molecule has 0 amide bonds. The van der Waals surface area contributed by atoms with Gasteiger partial charge in [-0.3, -0.25) is 0 Å². The van der Waals surface area contributed by atoms with Crippen molar-refractivity contribution in [1.29, 1.82) is 5.26 Å². The highest BCUT2D eigenvalue weighted by atomic mass is 16.5. The molecule has 94 valence electrons. The van der Waals surface area contributed by atoms with Gasteiger partial charge in [0, 0.05) is 0 Å². The number of carbonyl (C=O) groups is 1. The molecule has 0 fully saturated rings. The van der Waals surface area contributed by atoms with Gasteiger partial charge in [0.25, 0.3) is 0 Å². The van der Waals surface area contributed by atoms with E-state index in [1.807, 2.05) is 31.2 Å². The van der Waals surface area contributed by atoms with E-state index >= 15 is 0 Å². The number of nitriles is 1. The number of esters is 1. The Balaban J connectivity index is 2.48. The van der Waals surface area contributed by atoms with Crippen LogP contribution in [0.2, 0.25) is 0 Å². The summed E-state index contributed by atoms with van der Waals surface area (Å²) in [5.74, 6) is -0.352. The number of benzene rings is 2. The molecule has 3 nitrogen and oxygen atoms in total. The molecule has 0 unspecified atom stereocenters. The summed E-state index contributed by atoms with van der Waals surface area (Å²) in [4.78, 5) is 11.5. The van der Waals surface area contributed by atoms with E-state index in [9.17, 15) is 4.79 Å². The molecular weight excluding hydrogens is 238 g/mol. The summed E-state index contributed by atoms with van der Waals surface area (Å²) in [6, 6.07) is 14.8. The maximum atomic E-state index is 11.5. The molecule has 2 rings (SSSR count). The third kappa shape index (κ3) is 2.63. The minimum absolute atomic E-state index is 0.352. The van der Waals surface area contributed by atoms with Crippen LogP contribution in [0.4, 0.5) is 0 Å². The van der Waals surface area contributed by atoms with Gasteiger partial charge < -0.3 is 4.74 Å². The van der Waals surface area contributed by atoms with Crippen LogP contribution in [0.25, 0.3) is 11.1 Å². The molecule has 0 aliphatic heterocycles. The zero-order valence-corrected chi connectivity index (χ0v) is 10.8. The molecule has 0 heterocycles. The van der Waals surface area contributed by atoms with E-state index in [2.05, 4.69) is 6.07 Å². The number of methoxy groups -OCH3 is 1. The second-order valence-corrected chi connectivity index (χ2v) is 4.21. The van der Waals surface area contributed by atoms with Gasteiger partial charge in [0.15, 0.2) is 0 Å². The third-order valence-corrected chi connectivity index (χ3v) is 2.98. The first-order valence-electron chi connectivity index (χ1n) is 5.85. The number of aryl methyl sites for hydroxylation is 1. The summed E-state index contributed by atoms with van der Waals surface area (Å²) in [5, 5.41) is 8.79. The predicted molar refractivity (Wildman–Crippen MR) is 72.7 cm³/mol.